The van der Waals surface area contributed by atoms with Crippen molar-refractivity contribution in [2.45, 2.75) is 45.6 Å². The molecule has 0 saturated carbocycles. The molecule has 1 aliphatic rings. The summed E-state index contributed by atoms with van der Waals surface area (Å²) in [7, 11) is 0. The van der Waals surface area contributed by atoms with E-state index in [2.05, 4.69) is 5.32 Å². The van der Waals surface area contributed by atoms with Crippen LogP contribution < -0.4 is 10.1 Å². The molecule has 0 bridgehead atoms. The first-order chi connectivity index (χ1) is 18.8. The molecule has 39 heavy (non-hydrogen) atoms. The van der Waals surface area contributed by atoms with E-state index in [1.165, 1.54) is 36.2 Å². The van der Waals surface area contributed by atoms with Gasteiger partial charge in [0.1, 0.15) is 17.3 Å². The van der Waals surface area contributed by atoms with Crippen LogP contribution in [0.15, 0.2) is 78.9 Å². The number of anilines is 1. The van der Waals surface area contributed by atoms with Crippen molar-refractivity contribution < 1.29 is 28.2 Å². The molecule has 8 nitrogen and oxygen atoms in total. The smallest absolute Gasteiger partial charge is 0.251 e. The molecule has 0 radical (unpaired) electrons. The van der Waals surface area contributed by atoms with Gasteiger partial charge in [0.15, 0.2) is 6.04 Å². The van der Waals surface area contributed by atoms with Crippen molar-refractivity contribution in [1.29, 1.82) is 0 Å². The molecule has 1 N–H and O–H groups in total. The summed E-state index contributed by atoms with van der Waals surface area (Å²) < 4.78 is 30.7. The van der Waals surface area contributed by atoms with Gasteiger partial charge in [-0.15, -0.1) is 0 Å². The van der Waals surface area contributed by atoms with E-state index in [0.29, 0.717) is 36.9 Å². The molecule has 1 heterocycles. The monoisotopic (exact) mass is 535 g/mol. The van der Waals surface area contributed by atoms with Gasteiger partial charge in [0.05, 0.1) is 25.4 Å². The summed E-state index contributed by atoms with van der Waals surface area (Å²) in [6.45, 7) is 6.59. The molecule has 0 aromatic heterocycles. The maximum atomic E-state index is 13.6. The van der Waals surface area contributed by atoms with Crippen molar-refractivity contribution in [1.82, 2.24) is 10.0 Å². The third-order valence-electron chi connectivity index (χ3n) is 6.18. The number of carbonyl (C=O) groups excluding carboxylic acids is 2. The molecule has 1 fully saturated rings. The molecule has 3 aromatic carbocycles. The Morgan fingerprint density at radius 3 is 2.15 bits per heavy atom. The highest BCUT2D eigenvalue weighted by Gasteiger charge is 2.36. The quantitative estimate of drug-likeness (QED) is 0.393. The first kappa shape index (κ1) is 28.2. The van der Waals surface area contributed by atoms with Gasteiger partial charge in [-0.1, -0.05) is 30.3 Å². The first-order valence-corrected chi connectivity index (χ1v) is 12.9. The second-order valence-corrected chi connectivity index (χ2v) is 9.58. The van der Waals surface area contributed by atoms with Gasteiger partial charge in [0.25, 0.3) is 5.91 Å². The lowest BCUT2D eigenvalue weighted by molar-refractivity contribution is -0.185. The van der Waals surface area contributed by atoms with Gasteiger partial charge in [-0.25, -0.2) is 9.40 Å². The minimum atomic E-state index is -0.904. The van der Waals surface area contributed by atoms with Crippen LogP contribution in [-0.2, 0) is 25.7 Å². The summed E-state index contributed by atoms with van der Waals surface area (Å²) in [5.41, 5.74) is 1.50. The molecule has 1 aliphatic heterocycles. The predicted octanol–water partition coefficient (Wildman–Crippen LogP) is 5.01. The Morgan fingerprint density at radius 1 is 0.974 bits per heavy atom. The van der Waals surface area contributed by atoms with E-state index in [9.17, 15) is 14.0 Å². The fourth-order valence-corrected chi connectivity index (χ4v) is 4.53. The third-order valence-corrected chi connectivity index (χ3v) is 6.18. The van der Waals surface area contributed by atoms with Gasteiger partial charge in [-0.2, -0.15) is 0 Å². The van der Waals surface area contributed by atoms with Gasteiger partial charge >= 0.3 is 0 Å². The zero-order valence-corrected chi connectivity index (χ0v) is 22.4. The van der Waals surface area contributed by atoms with Crippen LogP contribution in [0, 0.1) is 5.82 Å². The van der Waals surface area contributed by atoms with Crippen molar-refractivity contribution in [2.24, 2.45) is 0 Å². The number of ether oxygens (including phenoxy) is 3. The number of benzene rings is 3. The SMILES string of the molecule is CC(=O)N([C@@H](COCc1ccccc1)C(=O)Nc1ccc(Oc2ccc(F)cc2)cc1)N1CC(C)OC(C)C1. The summed E-state index contributed by atoms with van der Waals surface area (Å²) in [4.78, 5) is 26.5. The Hall–Kier alpha value is -3.79. The number of rotatable bonds is 10. The molecular formula is C30H34FN3O5. The summed E-state index contributed by atoms with van der Waals surface area (Å²) in [5.74, 6) is 0.0438. The minimum absolute atomic E-state index is 0.00614. The molecule has 206 valence electrons. The highest BCUT2D eigenvalue weighted by atomic mass is 19.1. The summed E-state index contributed by atoms with van der Waals surface area (Å²) >= 11 is 0. The molecule has 0 spiro atoms. The number of nitrogens with one attached hydrogen (secondary N) is 1. The lowest BCUT2D eigenvalue weighted by atomic mass is 10.2. The van der Waals surface area contributed by atoms with Gasteiger partial charge < -0.3 is 19.5 Å². The molecule has 4 rings (SSSR count). The summed E-state index contributed by atoms with van der Waals surface area (Å²) in [6, 6.07) is 21.3. The van der Waals surface area contributed by atoms with E-state index in [-0.39, 0.29) is 36.4 Å². The van der Waals surface area contributed by atoms with Crippen LogP contribution in [0.3, 0.4) is 0 Å². The zero-order valence-electron chi connectivity index (χ0n) is 22.4. The molecule has 2 amide bonds. The highest BCUT2D eigenvalue weighted by Crippen LogP contribution is 2.24. The molecular weight excluding hydrogens is 501 g/mol. The Kier molecular flexibility index (Phi) is 9.64. The molecule has 3 aromatic rings. The summed E-state index contributed by atoms with van der Waals surface area (Å²) in [5, 5.41) is 6.27. The fourth-order valence-electron chi connectivity index (χ4n) is 4.53. The number of amides is 2. The van der Waals surface area contributed by atoms with Crippen LogP contribution in [0.4, 0.5) is 10.1 Å². The van der Waals surface area contributed by atoms with Gasteiger partial charge in [-0.05, 0) is 67.9 Å². The standard InChI is InChI=1S/C30H34FN3O5/c1-21-17-33(18-22(2)38-21)34(23(3)35)29(20-37-19-24-7-5-4-6-8-24)30(36)32-26-11-15-28(16-12-26)39-27-13-9-25(31)10-14-27/h4-16,21-22,29H,17-20H2,1-3H3,(H,32,36)/t21?,22?,29-/m0/s1. The molecule has 3 atom stereocenters. The van der Waals surface area contributed by atoms with Crippen LogP contribution in [0.2, 0.25) is 0 Å². The normalized spacial score (nSPS) is 18.3. The molecule has 0 aliphatic carbocycles. The molecule has 9 heteroatoms. The Bertz CT molecular complexity index is 1210. The van der Waals surface area contributed by atoms with E-state index >= 15 is 0 Å². The number of morpholine rings is 1. The number of halogens is 1. The van der Waals surface area contributed by atoms with Crippen LogP contribution >= 0.6 is 0 Å². The van der Waals surface area contributed by atoms with Crippen LogP contribution in [0.1, 0.15) is 26.3 Å². The number of carbonyl (C=O) groups is 2. The fraction of sp³-hybridized carbons (Fsp3) is 0.333. The molecule has 2 unspecified atom stereocenters. The van der Waals surface area contributed by atoms with Crippen molar-refractivity contribution in [2.75, 3.05) is 25.0 Å². The third kappa shape index (κ3) is 8.10. The number of hydrogen-bond acceptors (Lipinski definition) is 6. The van der Waals surface area contributed by atoms with Gasteiger partial charge in [-0.3, -0.25) is 14.6 Å². The van der Waals surface area contributed by atoms with Crippen molar-refractivity contribution in [3.63, 3.8) is 0 Å². The number of hydrogen-bond donors (Lipinski definition) is 1. The Labute approximate surface area is 228 Å². The van der Waals surface area contributed by atoms with Crippen LogP contribution in [-0.4, -0.2) is 59.8 Å². The van der Waals surface area contributed by atoms with Gasteiger partial charge in [0.2, 0.25) is 5.91 Å². The number of hydrazine groups is 1. The highest BCUT2D eigenvalue weighted by molar-refractivity contribution is 5.97. The minimum Gasteiger partial charge on any atom is -0.457 e. The van der Waals surface area contributed by atoms with E-state index in [4.69, 9.17) is 14.2 Å². The topological polar surface area (TPSA) is 80.3 Å². The van der Waals surface area contributed by atoms with Crippen LogP contribution in [0.5, 0.6) is 11.5 Å². The van der Waals surface area contributed by atoms with E-state index < -0.39 is 6.04 Å². The van der Waals surface area contributed by atoms with Crippen molar-refractivity contribution >= 4 is 17.5 Å². The van der Waals surface area contributed by atoms with Crippen LogP contribution in [0.25, 0.3) is 0 Å². The van der Waals surface area contributed by atoms with E-state index in [1.54, 1.807) is 24.3 Å². The van der Waals surface area contributed by atoms with Crippen molar-refractivity contribution in [3.8, 4) is 11.5 Å². The van der Waals surface area contributed by atoms with E-state index in [0.717, 1.165) is 5.56 Å². The Morgan fingerprint density at radius 2 is 1.56 bits per heavy atom. The zero-order chi connectivity index (χ0) is 27.8. The maximum absolute atomic E-state index is 13.6. The lowest BCUT2D eigenvalue weighted by Gasteiger charge is -2.44. The maximum Gasteiger partial charge on any atom is 0.251 e. The average Bonchev–Trinajstić information content (AvgIpc) is 2.90. The second-order valence-electron chi connectivity index (χ2n) is 9.58. The average molecular weight is 536 g/mol. The predicted molar refractivity (Wildman–Crippen MR) is 146 cm³/mol. The largest absolute Gasteiger partial charge is 0.457 e. The second kappa shape index (κ2) is 13.3. The summed E-state index contributed by atoms with van der Waals surface area (Å²) in [6.07, 6.45) is -0.198. The Balaban J connectivity index is 1.48. The first-order valence-electron chi connectivity index (χ1n) is 12.9. The molecule has 1 saturated heterocycles. The number of nitrogens with zero attached hydrogens (tertiary/aromatic N) is 2. The van der Waals surface area contributed by atoms with E-state index in [1.807, 2.05) is 49.2 Å². The lowest BCUT2D eigenvalue weighted by Crippen LogP contribution is -2.62. The van der Waals surface area contributed by atoms with Crippen molar-refractivity contribution in [3.05, 3.63) is 90.2 Å². The van der Waals surface area contributed by atoms with Gasteiger partial charge in [0, 0.05) is 25.7 Å².